The van der Waals surface area contributed by atoms with Gasteiger partial charge in [0.2, 0.25) is 0 Å². The molecule has 2 aromatic carbocycles. The van der Waals surface area contributed by atoms with Crippen molar-refractivity contribution in [2.75, 3.05) is 0 Å². The molecule has 7 nitrogen and oxygen atoms in total. The topological polar surface area (TPSA) is 81.4 Å². The van der Waals surface area contributed by atoms with Crippen molar-refractivity contribution in [1.82, 2.24) is 29.1 Å². The summed E-state index contributed by atoms with van der Waals surface area (Å²) in [4.78, 5) is 29.8. The van der Waals surface area contributed by atoms with Crippen LogP contribution in [0.2, 0.25) is 0 Å². The molecule has 3 heterocycles. The monoisotopic (exact) mass is 438 g/mol. The van der Waals surface area contributed by atoms with Gasteiger partial charge in [0.15, 0.2) is 5.82 Å². The minimum atomic E-state index is -0.000354. The lowest BCUT2D eigenvalue weighted by Gasteiger charge is -2.07. The summed E-state index contributed by atoms with van der Waals surface area (Å²) in [7, 11) is 1.82. The third kappa shape index (κ3) is 3.75. The van der Waals surface area contributed by atoms with Gasteiger partial charge in [-0.15, -0.1) is 0 Å². The minimum Gasteiger partial charge on any atom is -0.336 e. The first-order valence-electron chi connectivity index (χ1n) is 11.1. The van der Waals surface area contributed by atoms with Crippen molar-refractivity contribution in [2.24, 2.45) is 13.0 Å². The van der Waals surface area contributed by atoms with Gasteiger partial charge >= 0.3 is 5.69 Å². The van der Waals surface area contributed by atoms with Gasteiger partial charge < -0.3 is 4.98 Å². The number of benzene rings is 2. The molecular weight excluding hydrogens is 412 g/mol. The lowest BCUT2D eigenvalue weighted by molar-refractivity contribution is 0.516. The standard InChI is InChI=1S/C26H26N6O/c1-16(2)15-32-21-9-8-19(13-22(21)31(4)26(32)33)24-23(18-7-5-6-17(3)12-18)29-25(30-24)20-14-27-10-11-28-20/h5-14,16H,15H2,1-4H3,(H,29,30). The Bertz CT molecular complexity index is 1510. The summed E-state index contributed by atoms with van der Waals surface area (Å²) < 4.78 is 3.57. The van der Waals surface area contributed by atoms with E-state index in [0.717, 1.165) is 39.1 Å². The van der Waals surface area contributed by atoms with Crippen LogP contribution >= 0.6 is 0 Å². The number of H-pyrrole nitrogens is 1. The van der Waals surface area contributed by atoms with Gasteiger partial charge in [-0.3, -0.25) is 14.1 Å². The summed E-state index contributed by atoms with van der Waals surface area (Å²) in [6.07, 6.45) is 5.00. The van der Waals surface area contributed by atoms with Gasteiger partial charge in [0.1, 0.15) is 5.69 Å². The highest BCUT2D eigenvalue weighted by Crippen LogP contribution is 2.34. The molecule has 0 saturated carbocycles. The van der Waals surface area contributed by atoms with E-state index in [1.165, 1.54) is 0 Å². The van der Waals surface area contributed by atoms with E-state index in [-0.39, 0.29) is 5.69 Å². The van der Waals surface area contributed by atoms with E-state index in [1.54, 1.807) is 23.2 Å². The highest BCUT2D eigenvalue weighted by molar-refractivity contribution is 5.87. The number of imidazole rings is 2. The summed E-state index contributed by atoms with van der Waals surface area (Å²) in [5.41, 5.74) is 7.36. The van der Waals surface area contributed by atoms with Crippen LogP contribution in [0, 0.1) is 12.8 Å². The molecule has 0 aliphatic carbocycles. The van der Waals surface area contributed by atoms with Crippen LogP contribution in [-0.4, -0.2) is 29.1 Å². The van der Waals surface area contributed by atoms with Crippen LogP contribution in [0.1, 0.15) is 19.4 Å². The normalized spacial score (nSPS) is 11.5. The Hall–Kier alpha value is -4.00. The molecule has 0 aliphatic heterocycles. The zero-order chi connectivity index (χ0) is 23.1. The average Bonchev–Trinajstić information content (AvgIpc) is 3.36. The Morgan fingerprint density at radius 2 is 1.88 bits per heavy atom. The molecule has 0 spiro atoms. The van der Waals surface area contributed by atoms with Crippen LogP contribution in [0.3, 0.4) is 0 Å². The number of nitrogens with one attached hydrogen (secondary N) is 1. The summed E-state index contributed by atoms with van der Waals surface area (Å²) in [6, 6.07) is 14.4. The maximum Gasteiger partial charge on any atom is 0.328 e. The zero-order valence-electron chi connectivity index (χ0n) is 19.2. The SMILES string of the molecule is Cc1cccc(-c2nc(-c3cnccn3)[nH]c2-c2ccc3c(c2)n(C)c(=O)n3CC(C)C)c1. The number of aryl methyl sites for hydroxylation is 2. The lowest BCUT2D eigenvalue weighted by Crippen LogP contribution is -2.24. The number of aromatic nitrogens is 6. The molecule has 166 valence electrons. The van der Waals surface area contributed by atoms with Gasteiger partial charge in [-0.2, -0.15) is 0 Å². The van der Waals surface area contributed by atoms with E-state index in [2.05, 4.69) is 60.0 Å². The van der Waals surface area contributed by atoms with Crippen molar-refractivity contribution >= 4 is 11.0 Å². The van der Waals surface area contributed by atoms with Crippen molar-refractivity contribution in [3.8, 4) is 34.0 Å². The largest absolute Gasteiger partial charge is 0.336 e. The molecule has 5 aromatic rings. The van der Waals surface area contributed by atoms with Crippen LogP contribution in [0.4, 0.5) is 0 Å². The van der Waals surface area contributed by atoms with Crippen LogP contribution in [0.5, 0.6) is 0 Å². The fourth-order valence-corrected chi connectivity index (χ4v) is 4.23. The number of fused-ring (bicyclic) bond motifs is 1. The maximum atomic E-state index is 12.9. The molecule has 0 unspecified atom stereocenters. The Morgan fingerprint density at radius 3 is 2.61 bits per heavy atom. The molecule has 3 aromatic heterocycles. The summed E-state index contributed by atoms with van der Waals surface area (Å²) in [5, 5.41) is 0. The second kappa shape index (κ2) is 8.16. The highest BCUT2D eigenvalue weighted by atomic mass is 16.1. The number of nitrogens with zero attached hydrogens (tertiary/aromatic N) is 5. The summed E-state index contributed by atoms with van der Waals surface area (Å²) >= 11 is 0. The Kier molecular flexibility index (Phi) is 5.17. The molecular formula is C26H26N6O. The van der Waals surface area contributed by atoms with E-state index in [0.29, 0.717) is 24.0 Å². The van der Waals surface area contributed by atoms with Crippen molar-refractivity contribution in [1.29, 1.82) is 0 Å². The molecule has 7 heteroatoms. The Labute approximate surface area is 191 Å². The van der Waals surface area contributed by atoms with Crippen LogP contribution in [-0.2, 0) is 13.6 Å². The Morgan fingerprint density at radius 1 is 1.03 bits per heavy atom. The molecule has 0 fully saturated rings. The second-order valence-corrected chi connectivity index (χ2v) is 8.82. The van der Waals surface area contributed by atoms with E-state index in [4.69, 9.17) is 4.98 Å². The minimum absolute atomic E-state index is 0.000354. The second-order valence-electron chi connectivity index (χ2n) is 8.82. The van der Waals surface area contributed by atoms with E-state index in [9.17, 15) is 4.79 Å². The number of aromatic amines is 1. The fourth-order valence-electron chi connectivity index (χ4n) is 4.23. The average molecular weight is 439 g/mol. The summed E-state index contributed by atoms with van der Waals surface area (Å²) in [5.74, 6) is 1.03. The van der Waals surface area contributed by atoms with Crippen molar-refractivity contribution in [2.45, 2.75) is 27.3 Å². The molecule has 0 atom stereocenters. The third-order valence-electron chi connectivity index (χ3n) is 5.78. The quantitative estimate of drug-likeness (QED) is 0.427. The number of hydrogen-bond donors (Lipinski definition) is 1. The van der Waals surface area contributed by atoms with Gasteiger partial charge in [-0.05, 0) is 31.0 Å². The first-order valence-corrected chi connectivity index (χ1v) is 11.1. The predicted octanol–water partition coefficient (Wildman–Crippen LogP) is 4.82. The van der Waals surface area contributed by atoms with E-state index >= 15 is 0 Å². The van der Waals surface area contributed by atoms with Crippen molar-refractivity contribution < 1.29 is 0 Å². The number of rotatable bonds is 5. The van der Waals surface area contributed by atoms with Gasteiger partial charge in [0.05, 0.1) is 28.6 Å². The molecule has 0 amide bonds. The first kappa shape index (κ1) is 20.9. The molecule has 1 N–H and O–H groups in total. The van der Waals surface area contributed by atoms with Crippen LogP contribution in [0.15, 0.2) is 65.8 Å². The molecule has 33 heavy (non-hydrogen) atoms. The van der Waals surface area contributed by atoms with Crippen molar-refractivity contribution in [3.05, 3.63) is 77.1 Å². The van der Waals surface area contributed by atoms with Gasteiger partial charge in [0, 0.05) is 37.1 Å². The smallest absolute Gasteiger partial charge is 0.328 e. The van der Waals surface area contributed by atoms with E-state index < -0.39 is 0 Å². The third-order valence-corrected chi connectivity index (χ3v) is 5.78. The summed E-state index contributed by atoms with van der Waals surface area (Å²) in [6.45, 7) is 6.99. The molecule has 0 aliphatic rings. The van der Waals surface area contributed by atoms with Crippen LogP contribution < -0.4 is 5.69 Å². The maximum absolute atomic E-state index is 12.9. The molecule has 0 saturated heterocycles. The predicted molar refractivity (Wildman–Crippen MR) is 131 cm³/mol. The van der Waals surface area contributed by atoms with Gasteiger partial charge in [0.25, 0.3) is 0 Å². The molecule has 5 rings (SSSR count). The van der Waals surface area contributed by atoms with Gasteiger partial charge in [-0.1, -0.05) is 43.7 Å². The van der Waals surface area contributed by atoms with Gasteiger partial charge in [-0.25, -0.2) is 14.8 Å². The Balaban J connectivity index is 1.72. The zero-order valence-corrected chi connectivity index (χ0v) is 19.2. The van der Waals surface area contributed by atoms with Crippen LogP contribution in [0.25, 0.3) is 45.1 Å². The molecule has 0 radical (unpaired) electrons. The fraction of sp³-hybridized carbons (Fsp3) is 0.231. The number of hydrogen-bond acceptors (Lipinski definition) is 4. The van der Waals surface area contributed by atoms with Crippen molar-refractivity contribution in [3.63, 3.8) is 0 Å². The first-order chi connectivity index (χ1) is 15.9. The van der Waals surface area contributed by atoms with E-state index in [1.807, 2.05) is 29.8 Å². The lowest BCUT2D eigenvalue weighted by atomic mass is 10.0. The molecule has 0 bridgehead atoms. The highest BCUT2D eigenvalue weighted by Gasteiger charge is 2.19.